The second kappa shape index (κ2) is 4.90. The molecule has 0 saturated heterocycles. The molecule has 0 radical (unpaired) electrons. The molecule has 1 N–H and O–H groups in total. The van der Waals surface area contributed by atoms with Gasteiger partial charge < -0.3 is 9.52 Å². The topological polar surface area (TPSA) is 33.4 Å². The van der Waals surface area contributed by atoms with Gasteiger partial charge in [-0.05, 0) is 30.2 Å². The Morgan fingerprint density at radius 3 is 2.86 bits per heavy atom. The molecule has 0 amide bonds. The highest BCUT2D eigenvalue weighted by molar-refractivity contribution is 8.00. The van der Waals surface area contributed by atoms with Crippen molar-refractivity contribution in [2.75, 3.05) is 0 Å². The van der Waals surface area contributed by atoms with Crippen molar-refractivity contribution < 1.29 is 13.9 Å². The van der Waals surface area contributed by atoms with E-state index in [1.165, 1.54) is 16.5 Å². The number of aliphatic hydroxyl groups excluding tert-OH is 1. The third-order valence-electron chi connectivity index (χ3n) is 3.83. The molecule has 2 nitrogen and oxygen atoms in total. The zero-order valence-corrected chi connectivity index (χ0v) is 11.9. The molecule has 4 heteroatoms. The number of halogens is 1. The fourth-order valence-electron chi connectivity index (χ4n) is 2.76. The van der Waals surface area contributed by atoms with Crippen molar-refractivity contribution in [2.45, 2.75) is 22.7 Å². The number of benzene rings is 2. The van der Waals surface area contributed by atoms with Crippen molar-refractivity contribution in [2.24, 2.45) is 0 Å². The molecule has 0 saturated carbocycles. The van der Waals surface area contributed by atoms with Crippen molar-refractivity contribution >= 4 is 22.7 Å². The van der Waals surface area contributed by atoms with Gasteiger partial charge >= 0.3 is 0 Å². The fourth-order valence-corrected chi connectivity index (χ4v) is 4.07. The van der Waals surface area contributed by atoms with E-state index in [4.69, 9.17) is 4.42 Å². The van der Waals surface area contributed by atoms with Crippen LogP contribution in [-0.4, -0.2) is 10.4 Å². The van der Waals surface area contributed by atoms with Gasteiger partial charge in [-0.25, -0.2) is 4.39 Å². The molecule has 2 heterocycles. The average Bonchev–Trinajstić information content (AvgIpc) is 3.11. The molecule has 2 unspecified atom stereocenters. The lowest BCUT2D eigenvalue weighted by Crippen LogP contribution is -2.13. The summed E-state index contributed by atoms with van der Waals surface area (Å²) >= 11 is 1.65. The molecule has 106 valence electrons. The Morgan fingerprint density at radius 1 is 1.19 bits per heavy atom. The summed E-state index contributed by atoms with van der Waals surface area (Å²) in [6.07, 6.45) is 0.0517. The molecule has 1 aliphatic rings. The van der Waals surface area contributed by atoms with Crippen LogP contribution in [0.4, 0.5) is 4.39 Å². The molecule has 21 heavy (non-hydrogen) atoms. The molecule has 1 aliphatic heterocycles. The van der Waals surface area contributed by atoms with Crippen molar-refractivity contribution in [1.29, 1.82) is 0 Å². The number of furan rings is 1. The maximum absolute atomic E-state index is 13.7. The highest BCUT2D eigenvalue weighted by atomic mass is 32.2. The van der Waals surface area contributed by atoms with Crippen LogP contribution in [0.2, 0.25) is 0 Å². The summed E-state index contributed by atoms with van der Waals surface area (Å²) in [7, 11) is 0. The lowest BCUT2D eigenvalue weighted by molar-refractivity contribution is 0.149. The summed E-state index contributed by atoms with van der Waals surface area (Å²) in [5.41, 5.74) is 1.46. The van der Waals surface area contributed by atoms with Gasteiger partial charge in [0.25, 0.3) is 0 Å². The van der Waals surface area contributed by atoms with Gasteiger partial charge in [-0.2, -0.15) is 0 Å². The smallest absolute Gasteiger partial charge is 0.170 e. The monoisotopic (exact) mass is 300 g/mol. The molecule has 0 bridgehead atoms. The summed E-state index contributed by atoms with van der Waals surface area (Å²) in [6, 6.07) is 14.7. The van der Waals surface area contributed by atoms with Crippen LogP contribution >= 0.6 is 11.8 Å². The largest absolute Gasteiger partial charge is 0.455 e. The lowest BCUT2D eigenvalue weighted by Gasteiger charge is -2.14. The molecule has 1 aromatic heterocycles. The summed E-state index contributed by atoms with van der Waals surface area (Å²) in [5.74, 6) is 0.0358. The summed E-state index contributed by atoms with van der Waals surface area (Å²) in [6.45, 7) is 0. The van der Waals surface area contributed by atoms with E-state index in [1.54, 1.807) is 30.0 Å². The summed E-state index contributed by atoms with van der Waals surface area (Å²) < 4.78 is 19.2. The third kappa shape index (κ3) is 2.15. The van der Waals surface area contributed by atoms with Crippen molar-refractivity contribution in [3.63, 3.8) is 0 Å². The SMILES string of the molecule is OC(c1cc2cccc(F)c2o1)C1Cc2ccccc2S1. The highest BCUT2D eigenvalue weighted by Crippen LogP contribution is 2.43. The maximum Gasteiger partial charge on any atom is 0.170 e. The van der Waals surface area contributed by atoms with E-state index in [0.29, 0.717) is 11.1 Å². The number of rotatable bonds is 2. The Labute approximate surface area is 125 Å². The molecule has 2 atom stereocenters. The van der Waals surface area contributed by atoms with E-state index in [1.807, 2.05) is 12.1 Å². The summed E-state index contributed by atoms with van der Waals surface area (Å²) in [5, 5.41) is 11.2. The number of fused-ring (bicyclic) bond motifs is 2. The average molecular weight is 300 g/mol. The standard InChI is InChI=1S/C17H13FO2S/c18-12-6-3-5-11-8-13(20-17(11)12)16(19)15-9-10-4-1-2-7-14(10)21-15/h1-8,15-16,19H,9H2. The van der Waals surface area contributed by atoms with Gasteiger partial charge in [0.15, 0.2) is 11.4 Å². The first-order valence-corrected chi connectivity index (χ1v) is 7.71. The predicted molar refractivity (Wildman–Crippen MR) is 80.9 cm³/mol. The first kappa shape index (κ1) is 12.9. The van der Waals surface area contributed by atoms with Gasteiger partial charge in [-0.3, -0.25) is 0 Å². The van der Waals surface area contributed by atoms with Crippen LogP contribution in [0.5, 0.6) is 0 Å². The molecule has 2 aromatic carbocycles. The Morgan fingerprint density at radius 2 is 2.05 bits per heavy atom. The zero-order chi connectivity index (χ0) is 14.4. The van der Waals surface area contributed by atoms with E-state index in [0.717, 1.165) is 6.42 Å². The third-order valence-corrected chi connectivity index (χ3v) is 5.21. The van der Waals surface area contributed by atoms with Gasteiger partial charge in [0.05, 0.1) is 0 Å². The number of aliphatic hydroxyl groups is 1. The Bertz CT molecular complexity index is 786. The van der Waals surface area contributed by atoms with Crippen molar-refractivity contribution in [1.82, 2.24) is 0 Å². The molecule has 0 aliphatic carbocycles. The molecular weight excluding hydrogens is 287 g/mol. The van der Waals surface area contributed by atoms with E-state index >= 15 is 0 Å². The minimum atomic E-state index is -0.741. The Hall–Kier alpha value is -1.78. The molecule has 0 fully saturated rings. The first-order chi connectivity index (χ1) is 10.2. The van der Waals surface area contributed by atoms with E-state index in [2.05, 4.69) is 12.1 Å². The van der Waals surface area contributed by atoms with E-state index in [-0.39, 0.29) is 10.8 Å². The van der Waals surface area contributed by atoms with Gasteiger partial charge in [-0.1, -0.05) is 30.3 Å². The number of hydrogen-bond acceptors (Lipinski definition) is 3. The van der Waals surface area contributed by atoms with Crippen LogP contribution in [-0.2, 0) is 6.42 Å². The van der Waals surface area contributed by atoms with Crippen molar-refractivity contribution in [3.05, 3.63) is 65.7 Å². The normalized spacial score (nSPS) is 18.9. The van der Waals surface area contributed by atoms with Crippen LogP contribution in [0.1, 0.15) is 17.4 Å². The molecule has 0 spiro atoms. The lowest BCUT2D eigenvalue weighted by atomic mass is 10.1. The minimum Gasteiger partial charge on any atom is -0.455 e. The fraction of sp³-hybridized carbons (Fsp3) is 0.176. The number of para-hydroxylation sites is 1. The van der Waals surface area contributed by atoms with Crippen LogP contribution in [0.3, 0.4) is 0 Å². The quantitative estimate of drug-likeness (QED) is 0.765. The highest BCUT2D eigenvalue weighted by Gasteiger charge is 2.31. The van der Waals surface area contributed by atoms with Crippen LogP contribution in [0, 0.1) is 5.82 Å². The first-order valence-electron chi connectivity index (χ1n) is 6.83. The van der Waals surface area contributed by atoms with Crippen LogP contribution in [0.15, 0.2) is 57.8 Å². The molecule has 4 rings (SSSR count). The second-order valence-electron chi connectivity index (χ2n) is 5.22. The van der Waals surface area contributed by atoms with Gasteiger partial charge in [0, 0.05) is 15.5 Å². The minimum absolute atomic E-state index is 0.00558. The van der Waals surface area contributed by atoms with Gasteiger partial charge in [-0.15, -0.1) is 11.8 Å². The van der Waals surface area contributed by atoms with Crippen LogP contribution in [0.25, 0.3) is 11.0 Å². The second-order valence-corrected chi connectivity index (χ2v) is 6.50. The Kier molecular flexibility index (Phi) is 3.01. The maximum atomic E-state index is 13.7. The van der Waals surface area contributed by atoms with E-state index in [9.17, 15) is 9.50 Å². The summed E-state index contributed by atoms with van der Waals surface area (Å²) in [4.78, 5) is 1.20. The van der Waals surface area contributed by atoms with Gasteiger partial charge in [0.2, 0.25) is 0 Å². The Balaban J connectivity index is 1.66. The molecular formula is C17H13FO2S. The van der Waals surface area contributed by atoms with Gasteiger partial charge in [0.1, 0.15) is 11.9 Å². The predicted octanol–water partition coefficient (Wildman–Crippen LogP) is 4.32. The number of thioether (sulfide) groups is 1. The number of hydrogen-bond donors (Lipinski definition) is 1. The van der Waals surface area contributed by atoms with Crippen LogP contribution < -0.4 is 0 Å². The van der Waals surface area contributed by atoms with E-state index < -0.39 is 11.9 Å². The van der Waals surface area contributed by atoms with Crippen molar-refractivity contribution in [3.8, 4) is 0 Å². The molecule has 3 aromatic rings. The zero-order valence-electron chi connectivity index (χ0n) is 11.1.